The van der Waals surface area contributed by atoms with Crippen molar-refractivity contribution in [1.82, 2.24) is 0 Å². The van der Waals surface area contributed by atoms with Gasteiger partial charge in [-0.25, -0.2) is 4.57 Å². The normalized spacial score (nSPS) is 44.2. The first-order valence-corrected chi connectivity index (χ1v) is 5.90. The quantitative estimate of drug-likeness (QED) is 0.514. The van der Waals surface area contributed by atoms with Gasteiger partial charge in [-0.2, -0.15) is 0 Å². The van der Waals surface area contributed by atoms with Crippen molar-refractivity contribution in [1.29, 1.82) is 0 Å². The van der Waals surface area contributed by atoms with E-state index >= 15 is 0 Å². The molecule has 0 radical (unpaired) electrons. The summed E-state index contributed by atoms with van der Waals surface area (Å²) in [7, 11) is -4.34. The zero-order valence-electron chi connectivity index (χ0n) is 7.29. The highest BCUT2D eigenvalue weighted by atomic mass is 31.2. The number of phosphoric acid groups is 1. The van der Waals surface area contributed by atoms with Gasteiger partial charge in [0.2, 0.25) is 0 Å². The molecule has 2 aliphatic rings. The van der Waals surface area contributed by atoms with Crippen molar-refractivity contribution >= 4 is 7.82 Å². The van der Waals surface area contributed by atoms with Gasteiger partial charge < -0.3 is 14.5 Å². The summed E-state index contributed by atoms with van der Waals surface area (Å²) in [5, 5.41) is 0. The monoisotopic (exact) mass is 208 g/mol. The Labute approximate surface area is 76.3 Å². The molecular formula is C7H13O5P. The summed E-state index contributed by atoms with van der Waals surface area (Å²) >= 11 is 0. The van der Waals surface area contributed by atoms with Crippen LogP contribution in [0.2, 0.25) is 0 Å². The average Bonchev–Trinajstić information content (AvgIpc) is 2.71. The molecule has 0 aromatic rings. The molecule has 0 aromatic heterocycles. The number of ether oxygens (including phenoxy) is 1. The molecule has 76 valence electrons. The lowest BCUT2D eigenvalue weighted by atomic mass is 9.89. The molecule has 4 unspecified atom stereocenters. The predicted octanol–water partition coefficient (Wildman–Crippen LogP) is 0.662. The van der Waals surface area contributed by atoms with Gasteiger partial charge in [0.05, 0.1) is 12.2 Å². The standard InChI is InChI=1S/C7H13O5P/c1-4-2-3-5(7-6(4)11-7)12-13(8,9)10/h4-7H,2-3H2,1H3,(H2,8,9,10). The third-order valence-electron chi connectivity index (χ3n) is 2.67. The molecule has 0 spiro atoms. The summed E-state index contributed by atoms with van der Waals surface area (Å²) in [6.45, 7) is 2.08. The average molecular weight is 208 g/mol. The zero-order valence-corrected chi connectivity index (χ0v) is 8.18. The zero-order chi connectivity index (χ0) is 9.64. The molecule has 5 nitrogen and oxygen atoms in total. The van der Waals surface area contributed by atoms with Gasteiger partial charge in [0.1, 0.15) is 6.10 Å². The number of hydrogen-bond acceptors (Lipinski definition) is 3. The lowest BCUT2D eigenvalue weighted by Crippen LogP contribution is -2.28. The van der Waals surface area contributed by atoms with Crippen molar-refractivity contribution in [3.63, 3.8) is 0 Å². The lowest BCUT2D eigenvalue weighted by molar-refractivity contribution is 0.0963. The minimum absolute atomic E-state index is 0.0867. The van der Waals surface area contributed by atoms with Crippen LogP contribution < -0.4 is 0 Å². The van der Waals surface area contributed by atoms with E-state index in [9.17, 15) is 4.57 Å². The summed E-state index contributed by atoms with van der Waals surface area (Å²) in [5.74, 6) is 0.488. The van der Waals surface area contributed by atoms with Crippen molar-refractivity contribution in [3.8, 4) is 0 Å². The molecular weight excluding hydrogens is 195 g/mol. The molecule has 4 atom stereocenters. The van der Waals surface area contributed by atoms with E-state index in [1.54, 1.807) is 0 Å². The van der Waals surface area contributed by atoms with Gasteiger partial charge in [-0.05, 0) is 18.8 Å². The first kappa shape index (κ1) is 9.62. The van der Waals surface area contributed by atoms with Gasteiger partial charge in [-0.15, -0.1) is 0 Å². The van der Waals surface area contributed by atoms with Gasteiger partial charge >= 0.3 is 7.82 Å². The van der Waals surface area contributed by atoms with E-state index in [2.05, 4.69) is 11.4 Å². The highest BCUT2D eigenvalue weighted by molar-refractivity contribution is 7.46. The molecule has 6 heteroatoms. The molecule has 0 amide bonds. The summed E-state index contributed by atoms with van der Waals surface area (Å²) in [5.41, 5.74) is 0. The highest BCUT2D eigenvalue weighted by Crippen LogP contribution is 2.48. The van der Waals surface area contributed by atoms with Gasteiger partial charge in [-0.3, -0.25) is 4.52 Å². The summed E-state index contributed by atoms with van der Waals surface area (Å²) in [4.78, 5) is 17.2. The molecule has 1 saturated heterocycles. The first-order chi connectivity index (χ1) is 5.97. The van der Waals surface area contributed by atoms with Gasteiger partial charge in [-0.1, -0.05) is 6.92 Å². The highest BCUT2D eigenvalue weighted by Gasteiger charge is 2.53. The summed E-state index contributed by atoms with van der Waals surface area (Å²) < 4.78 is 20.5. The van der Waals surface area contributed by atoms with E-state index in [1.165, 1.54) is 0 Å². The minimum Gasteiger partial charge on any atom is -0.366 e. The maximum absolute atomic E-state index is 10.6. The Bertz CT molecular complexity index is 249. The Balaban J connectivity index is 1.93. The number of rotatable bonds is 2. The third-order valence-corrected chi connectivity index (χ3v) is 3.21. The van der Waals surface area contributed by atoms with Crippen LogP contribution in [0.15, 0.2) is 0 Å². The van der Waals surface area contributed by atoms with Crippen LogP contribution in [0.1, 0.15) is 19.8 Å². The minimum atomic E-state index is -4.34. The number of phosphoric ester groups is 1. The van der Waals surface area contributed by atoms with Crippen LogP contribution in [0.5, 0.6) is 0 Å². The van der Waals surface area contributed by atoms with E-state index in [0.717, 1.165) is 6.42 Å². The Morgan fingerprint density at radius 2 is 2.08 bits per heavy atom. The SMILES string of the molecule is CC1CCC(OP(=O)(O)O)C2OC12. The molecule has 0 aromatic carbocycles. The second-order valence-corrected chi connectivity index (χ2v) is 4.95. The molecule has 13 heavy (non-hydrogen) atoms. The smallest absolute Gasteiger partial charge is 0.366 e. The van der Waals surface area contributed by atoms with E-state index < -0.39 is 13.9 Å². The molecule has 2 fully saturated rings. The number of fused-ring (bicyclic) bond motifs is 1. The van der Waals surface area contributed by atoms with Crippen LogP contribution in [0.4, 0.5) is 0 Å². The predicted molar refractivity (Wildman–Crippen MR) is 44.0 cm³/mol. The van der Waals surface area contributed by atoms with Crippen LogP contribution >= 0.6 is 7.82 Å². The molecule has 1 saturated carbocycles. The first-order valence-electron chi connectivity index (χ1n) is 4.37. The van der Waals surface area contributed by atoms with Crippen molar-refractivity contribution in [2.45, 2.75) is 38.1 Å². The fourth-order valence-corrected chi connectivity index (χ4v) is 2.52. The van der Waals surface area contributed by atoms with Crippen LogP contribution in [0.25, 0.3) is 0 Å². The van der Waals surface area contributed by atoms with Gasteiger partial charge in [0.15, 0.2) is 0 Å². The van der Waals surface area contributed by atoms with Crippen molar-refractivity contribution in [3.05, 3.63) is 0 Å². The van der Waals surface area contributed by atoms with Crippen LogP contribution in [-0.2, 0) is 13.8 Å². The van der Waals surface area contributed by atoms with Crippen molar-refractivity contribution in [2.24, 2.45) is 5.92 Å². The van der Waals surface area contributed by atoms with Gasteiger partial charge in [0, 0.05) is 0 Å². The maximum Gasteiger partial charge on any atom is 0.469 e. The van der Waals surface area contributed by atoms with Crippen LogP contribution in [0.3, 0.4) is 0 Å². The summed E-state index contributed by atoms with van der Waals surface area (Å²) in [6, 6.07) is 0. The topological polar surface area (TPSA) is 79.3 Å². The molecule has 1 heterocycles. The van der Waals surface area contributed by atoms with E-state index in [1.807, 2.05) is 0 Å². The molecule has 1 aliphatic carbocycles. The van der Waals surface area contributed by atoms with E-state index in [-0.39, 0.29) is 12.2 Å². The number of epoxide rings is 1. The van der Waals surface area contributed by atoms with Crippen molar-refractivity contribution < 1.29 is 23.6 Å². The maximum atomic E-state index is 10.6. The fourth-order valence-electron chi connectivity index (χ4n) is 1.94. The Morgan fingerprint density at radius 1 is 1.38 bits per heavy atom. The van der Waals surface area contributed by atoms with E-state index in [4.69, 9.17) is 14.5 Å². The van der Waals surface area contributed by atoms with Crippen molar-refractivity contribution in [2.75, 3.05) is 0 Å². The van der Waals surface area contributed by atoms with Crippen LogP contribution in [-0.4, -0.2) is 28.1 Å². The largest absolute Gasteiger partial charge is 0.469 e. The Morgan fingerprint density at radius 3 is 2.69 bits per heavy atom. The number of hydrogen-bond donors (Lipinski definition) is 2. The second-order valence-electron chi connectivity index (χ2n) is 3.75. The van der Waals surface area contributed by atoms with Gasteiger partial charge in [0.25, 0.3) is 0 Å². The summed E-state index contributed by atoms with van der Waals surface area (Å²) in [6.07, 6.45) is 1.24. The molecule has 1 aliphatic heterocycles. The third kappa shape index (κ3) is 2.11. The molecule has 2 N–H and O–H groups in total. The van der Waals surface area contributed by atoms with E-state index in [0.29, 0.717) is 12.3 Å². The Kier molecular flexibility index (Phi) is 2.25. The fraction of sp³-hybridized carbons (Fsp3) is 1.00. The lowest BCUT2D eigenvalue weighted by Gasteiger charge is -2.22. The Hall–Kier alpha value is 0.0700. The molecule has 2 rings (SSSR count). The second kappa shape index (κ2) is 3.04. The molecule has 0 bridgehead atoms. The van der Waals surface area contributed by atoms with Crippen LogP contribution in [0, 0.1) is 5.92 Å².